The monoisotopic (exact) mass is 194 g/mol. The van der Waals surface area contributed by atoms with Crippen molar-refractivity contribution in [2.24, 2.45) is 0 Å². The van der Waals surface area contributed by atoms with Gasteiger partial charge in [0.25, 0.3) is 0 Å². The van der Waals surface area contributed by atoms with Crippen LogP contribution in [0.15, 0.2) is 24.3 Å². The summed E-state index contributed by atoms with van der Waals surface area (Å²) >= 11 is 0. The van der Waals surface area contributed by atoms with Crippen LogP contribution in [0.5, 0.6) is 5.75 Å². The molecule has 0 unspecified atom stereocenters. The quantitative estimate of drug-likeness (QED) is 0.702. The number of rotatable bonds is 4. The van der Waals surface area contributed by atoms with E-state index in [9.17, 15) is 0 Å². The Bertz CT molecular complexity index is 230. The van der Waals surface area contributed by atoms with Gasteiger partial charge in [-0.2, -0.15) is 0 Å². The lowest BCUT2D eigenvalue weighted by molar-refractivity contribution is 0.314. The third-order valence-corrected chi connectivity index (χ3v) is 1.82. The summed E-state index contributed by atoms with van der Waals surface area (Å²) in [6.07, 6.45) is 2.11. The molecule has 0 spiro atoms. The molecule has 1 nitrogen and oxygen atoms in total. The predicted octanol–water partition coefficient (Wildman–Crippen LogP) is 4.06. The van der Waals surface area contributed by atoms with E-state index in [1.807, 2.05) is 26.0 Å². The molecule has 0 radical (unpaired) electrons. The maximum Gasteiger partial charge on any atom is 0.122 e. The van der Waals surface area contributed by atoms with E-state index in [0.717, 1.165) is 25.2 Å². The van der Waals surface area contributed by atoms with Crippen molar-refractivity contribution in [1.82, 2.24) is 0 Å². The number of hydrogen-bond donors (Lipinski definition) is 0. The Morgan fingerprint density at radius 1 is 1.07 bits per heavy atom. The fraction of sp³-hybridized carbons (Fsp3) is 0.538. The number of para-hydroxylation sites is 1. The van der Waals surface area contributed by atoms with E-state index >= 15 is 0 Å². The average molecular weight is 194 g/mol. The highest BCUT2D eigenvalue weighted by atomic mass is 16.5. The van der Waals surface area contributed by atoms with Crippen LogP contribution in [0.2, 0.25) is 0 Å². The van der Waals surface area contributed by atoms with Gasteiger partial charge in [0.2, 0.25) is 0 Å². The SMILES string of the molecule is CC.CCCOc1ccccc1CC. The van der Waals surface area contributed by atoms with Gasteiger partial charge in [-0.25, -0.2) is 0 Å². The Kier molecular flexibility index (Phi) is 8.01. The molecule has 0 saturated carbocycles. The molecular weight excluding hydrogens is 172 g/mol. The van der Waals surface area contributed by atoms with Crippen LogP contribution >= 0.6 is 0 Å². The third kappa shape index (κ3) is 4.31. The highest BCUT2D eigenvalue weighted by molar-refractivity contribution is 5.32. The Balaban J connectivity index is 0.000000791. The lowest BCUT2D eigenvalue weighted by Gasteiger charge is -2.08. The molecule has 0 N–H and O–H groups in total. The van der Waals surface area contributed by atoms with Crippen molar-refractivity contribution < 1.29 is 4.74 Å². The van der Waals surface area contributed by atoms with Gasteiger partial charge in [0.15, 0.2) is 0 Å². The van der Waals surface area contributed by atoms with E-state index in [1.165, 1.54) is 5.56 Å². The molecule has 14 heavy (non-hydrogen) atoms. The minimum atomic E-state index is 0.816. The number of benzene rings is 1. The highest BCUT2D eigenvalue weighted by Crippen LogP contribution is 2.18. The standard InChI is InChI=1S/C11H16O.C2H6/c1-3-9-12-11-8-6-5-7-10(11)4-2;1-2/h5-8H,3-4,9H2,1-2H3;1-2H3. The first-order valence-electron chi connectivity index (χ1n) is 5.59. The zero-order chi connectivity index (χ0) is 10.8. The second-order valence-corrected chi connectivity index (χ2v) is 2.81. The lowest BCUT2D eigenvalue weighted by Crippen LogP contribution is -1.97. The van der Waals surface area contributed by atoms with Crippen LogP contribution in [0.3, 0.4) is 0 Å². The summed E-state index contributed by atoms with van der Waals surface area (Å²) in [6.45, 7) is 9.08. The summed E-state index contributed by atoms with van der Waals surface area (Å²) in [7, 11) is 0. The Morgan fingerprint density at radius 2 is 1.71 bits per heavy atom. The smallest absolute Gasteiger partial charge is 0.122 e. The molecule has 1 heteroatoms. The van der Waals surface area contributed by atoms with Crippen LogP contribution in [0.4, 0.5) is 0 Å². The maximum atomic E-state index is 5.58. The van der Waals surface area contributed by atoms with Gasteiger partial charge in [-0.15, -0.1) is 0 Å². The van der Waals surface area contributed by atoms with Crippen molar-refractivity contribution in [1.29, 1.82) is 0 Å². The Morgan fingerprint density at radius 3 is 2.29 bits per heavy atom. The lowest BCUT2D eigenvalue weighted by atomic mass is 10.1. The third-order valence-electron chi connectivity index (χ3n) is 1.82. The van der Waals surface area contributed by atoms with Crippen LogP contribution < -0.4 is 4.74 Å². The van der Waals surface area contributed by atoms with E-state index in [4.69, 9.17) is 4.74 Å². The van der Waals surface area contributed by atoms with Gasteiger partial charge in [-0.3, -0.25) is 0 Å². The van der Waals surface area contributed by atoms with Crippen molar-refractivity contribution in [2.45, 2.75) is 40.5 Å². The zero-order valence-corrected chi connectivity index (χ0v) is 9.84. The van der Waals surface area contributed by atoms with Crippen molar-refractivity contribution in [3.05, 3.63) is 29.8 Å². The topological polar surface area (TPSA) is 9.23 Å². The van der Waals surface area contributed by atoms with Gasteiger partial charge in [0.05, 0.1) is 6.61 Å². The second-order valence-electron chi connectivity index (χ2n) is 2.81. The summed E-state index contributed by atoms with van der Waals surface area (Å²) in [5.74, 6) is 1.04. The number of aryl methyl sites for hydroxylation is 1. The molecule has 1 rings (SSSR count). The average Bonchev–Trinajstić information content (AvgIpc) is 2.29. The van der Waals surface area contributed by atoms with Crippen molar-refractivity contribution >= 4 is 0 Å². The predicted molar refractivity (Wildman–Crippen MR) is 63.0 cm³/mol. The first-order valence-corrected chi connectivity index (χ1v) is 5.59. The molecule has 80 valence electrons. The van der Waals surface area contributed by atoms with Crippen molar-refractivity contribution in [3.63, 3.8) is 0 Å². The fourth-order valence-electron chi connectivity index (χ4n) is 1.15. The molecule has 0 aliphatic carbocycles. The van der Waals surface area contributed by atoms with Crippen LogP contribution in [-0.4, -0.2) is 6.61 Å². The summed E-state index contributed by atoms with van der Waals surface area (Å²) < 4.78 is 5.58. The molecule has 0 bridgehead atoms. The molecular formula is C13H22O. The van der Waals surface area contributed by atoms with Crippen LogP contribution in [0, 0.1) is 0 Å². The van der Waals surface area contributed by atoms with Gasteiger partial charge in [0, 0.05) is 0 Å². The second kappa shape index (κ2) is 8.61. The van der Waals surface area contributed by atoms with Crippen LogP contribution in [-0.2, 0) is 6.42 Å². The molecule has 0 saturated heterocycles. The molecule has 1 aromatic rings. The van der Waals surface area contributed by atoms with Crippen molar-refractivity contribution in [3.8, 4) is 5.75 Å². The molecule has 1 aromatic carbocycles. The molecule has 0 atom stereocenters. The van der Waals surface area contributed by atoms with E-state index in [0.29, 0.717) is 0 Å². The molecule has 0 amide bonds. The molecule has 0 fully saturated rings. The molecule has 0 aliphatic heterocycles. The molecule has 0 aliphatic rings. The van der Waals surface area contributed by atoms with E-state index in [-0.39, 0.29) is 0 Å². The summed E-state index contributed by atoms with van der Waals surface area (Å²) in [4.78, 5) is 0. The van der Waals surface area contributed by atoms with Crippen LogP contribution in [0.25, 0.3) is 0 Å². The maximum absolute atomic E-state index is 5.58. The minimum Gasteiger partial charge on any atom is -0.493 e. The normalized spacial score (nSPS) is 8.86. The molecule has 0 aromatic heterocycles. The fourth-order valence-corrected chi connectivity index (χ4v) is 1.15. The van der Waals surface area contributed by atoms with Gasteiger partial charge >= 0.3 is 0 Å². The largest absolute Gasteiger partial charge is 0.493 e. The van der Waals surface area contributed by atoms with Crippen molar-refractivity contribution in [2.75, 3.05) is 6.61 Å². The number of hydrogen-bond acceptors (Lipinski definition) is 1. The summed E-state index contributed by atoms with van der Waals surface area (Å²) in [6, 6.07) is 8.22. The van der Waals surface area contributed by atoms with E-state index < -0.39 is 0 Å². The Hall–Kier alpha value is -0.980. The van der Waals surface area contributed by atoms with Gasteiger partial charge < -0.3 is 4.74 Å². The first-order chi connectivity index (χ1) is 6.88. The van der Waals surface area contributed by atoms with E-state index in [1.54, 1.807) is 0 Å². The summed E-state index contributed by atoms with van der Waals surface area (Å²) in [5.41, 5.74) is 1.30. The van der Waals surface area contributed by atoms with E-state index in [2.05, 4.69) is 26.0 Å². The van der Waals surface area contributed by atoms with Crippen LogP contribution in [0.1, 0.15) is 39.7 Å². The Labute approximate surface area is 88.1 Å². The summed E-state index contributed by atoms with van der Waals surface area (Å²) in [5, 5.41) is 0. The minimum absolute atomic E-state index is 0.816. The number of ether oxygens (including phenoxy) is 1. The van der Waals surface area contributed by atoms with Gasteiger partial charge in [-0.05, 0) is 24.5 Å². The highest BCUT2D eigenvalue weighted by Gasteiger charge is 1.98. The first kappa shape index (κ1) is 13.0. The van der Waals surface area contributed by atoms with Gasteiger partial charge in [0.1, 0.15) is 5.75 Å². The van der Waals surface area contributed by atoms with Gasteiger partial charge in [-0.1, -0.05) is 45.9 Å². The molecule has 0 heterocycles. The zero-order valence-electron chi connectivity index (χ0n) is 9.84.